The minimum atomic E-state index is -2.89. The highest BCUT2D eigenvalue weighted by molar-refractivity contribution is 5.81. The van der Waals surface area contributed by atoms with Gasteiger partial charge in [-0.05, 0) is 19.2 Å². The van der Waals surface area contributed by atoms with Gasteiger partial charge in [-0.1, -0.05) is 12.1 Å². The molecule has 2 rings (SSSR count). The second-order valence-electron chi connectivity index (χ2n) is 4.91. The number of benzene rings is 1. The standard InChI is InChI=1S/C14H19F2N3O2/c1-18-6-8-19(9-7-18)13(20)10-17-11-4-2-3-5-12(11)21-14(15)16/h2-5,14,17H,6-10H2,1H3. The average molecular weight is 299 g/mol. The number of ether oxygens (including phenoxy) is 1. The number of para-hydroxylation sites is 2. The zero-order valence-corrected chi connectivity index (χ0v) is 11.9. The van der Waals surface area contributed by atoms with Crippen molar-refractivity contribution in [2.45, 2.75) is 6.61 Å². The first-order valence-corrected chi connectivity index (χ1v) is 6.80. The van der Waals surface area contributed by atoms with Gasteiger partial charge in [0.2, 0.25) is 5.91 Å². The minimum Gasteiger partial charge on any atom is -0.433 e. The largest absolute Gasteiger partial charge is 0.433 e. The topological polar surface area (TPSA) is 44.8 Å². The van der Waals surface area contributed by atoms with Crippen LogP contribution in [-0.4, -0.2) is 62.1 Å². The van der Waals surface area contributed by atoms with Crippen molar-refractivity contribution in [1.29, 1.82) is 0 Å². The molecule has 0 saturated carbocycles. The van der Waals surface area contributed by atoms with E-state index in [1.165, 1.54) is 6.07 Å². The smallest absolute Gasteiger partial charge is 0.387 e. The molecule has 1 aromatic carbocycles. The van der Waals surface area contributed by atoms with Crippen molar-refractivity contribution >= 4 is 11.6 Å². The van der Waals surface area contributed by atoms with E-state index in [9.17, 15) is 13.6 Å². The van der Waals surface area contributed by atoms with Gasteiger partial charge in [0.15, 0.2) is 0 Å². The maximum atomic E-state index is 12.3. The molecule has 1 saturated heterocycles. The van der Waals surface area contributed by atoms with Crippen molar-refractivity contribution in [3.63, 3.8) is 0 Å². The van der Waals surface area contributed by atoms with Gasteiger partial charge in [0.1, 0.15) is 5.75 Å². The van der Waals surface area contributed by atoms with Gasteiger partial charge in [0.25, 0.3) is 0 Å². The van der Waals surface area contributed by atoms with Crippen LogP contribution in [0.3, 0.4) is 0 Å². The van der Waals surface area contributed by atoms with Gasteiger partial charge in [0, 0.05) is 26.2 Å². The van der Waals surface area contributed by atoms with Gasteiger partial charge < -0.3 is 19.9 Å². The lowest BCUT2D eigenvalue weighted by molar-refractivity contribution is -0.130. The summed E-state index contributed by atoms with van der Waals surface area (Å²) in [6, 6.07) is 6.34. The molecule has 1 heterocycles. The zero-order valence-electron chi connectivity index (χ0n) is 11.9. The summed E-state index contributed by atoms with van der Waals surface area (Å²) in [5.74, 6) is -0.00590. The number of anilines is 1. The van der Waals surface area contributed by atoms with Crippen molar-refractivity contribution in [3.05, 3.63) is 24.3 Å². The maximum absolute atomic E-state index is 12.3. The van der Waals surface area contributed by atoms with E-state index in [-0.39, 0.29) is 18.2 Å². The molecule has 0 bridgehead atoms. The molecule has 0 radical (unpaired) electrons. The summed E-state index contributed by atoms with van der Waals surface area (Å²) in [4.78, 5) is 16.0. The molecular formula is C14H19F2N3O2. The summed E-state index contributed by atoms with van der Waals surface area (Å²) in [6.07, 6.45) is 0. The number of nitrogens with zero attached hydrogens (tertiary/aromatic N) is 2. The van der Waals surface area contributed by atoms with Crippen LogP contribution in [0, 0.1) is 0 Å². The molecule has 5 nitrogen and oxygen atoms in total. The van der Waals surface area contributed by atoms with Crippen LogP contribution in [0.4, 0.5) is 14.5 Å². The Hall–Kier alpha value is -1.89. The van der Waals surface area contributed by atoms with Crippen LogP contribution in [0.25, 0.3) is 0 Å². The molecule has 116 valence electrons. The Morgan fingerprint density at radius 3 is 2.62 bits per heavy atom. The summed E-state index contributed by atoms with van der Waals surface area (Å²) in [7, 11) is 2.01. The maximum Gasteiger partial charge on any atom is 0.387 e. The first kappa shape index (κ1) is 15.5. The average Bonchev–Trinajstić information content (AvgIpc) is 2.46. The number of hydrogen-bond acceptors (Lipinski definition) is 4. The molecule has 0 atom stereocenters. The first-order valence-electron chi connectivity index (χ1n) is 6.80. The molecule has 7 heteroatoms. The second kappa shape index (κ2) is 7.21. The van der Waals surface area contributed by atoms with E-state index in [0.29, 0.717) is 18.8 Å². The Kier molecular flexibility index (Phi) is 5.32. The summed E-state index contributed by atoms with van der Waals surface area (Å²) < 4.78 is 29.0. The lowest BCUT2D eigenvalue weighted by atomic mass is 10.3. The van der Waals surface area contributed by atoms with Crippen molar-refractivity contribution < 1.29 is 18.3 Å². The molecule has 0 unspecified atom stereocenters. The molecule has 1 aromatic rings. The number of carbonyl (C=O) groups is 1. The number of carbonyl (C=O) groups excluding carboxylic acids is 1. The van der Waals surface area contributed by atoms with Crippen molar-refractivity contribution in [2.75, 3.05) is 45.1 Å². The fourth-order valence-corrected chi connectivity index (χ4v) is 2.15. The quantitative estimate of drug-likeness (QED) is 0.894. The molecule has 21 heavy (non-hydrogen) atoms. The fourth-order valence-electron chi connectivity index (χ4n) is 2.15. The van der Waals surface area contributed by atoms with Gasteiger partial charge in [0.05, 0.1) is 12.2 Å². The highest BCUT2D eigenvalue weighted by atomic mass is 19.3. The van der Waals surface area contributed by atoms with Crippen LogP contribution in [0.1, 0.15) is 0 Å². The van der Waals surface area contributed by atoms with Crippen LogP contribution in [0.2, 0.25) is 0 Å². The number of likely N-dealkylation sites (N-methyl/N-ethyl adjacent to an activating group) is 1. The molecular weight excluding hydrogens is 280 g/mol. The van der Waals surface area contributed by atoms with Crippen LogP contribution >= 0.6 is 0 Å². The van der Waals surface area contributed by atoms with Crippen molar-refractivity contribution in [1.82, 2.24) is 9.80 Å². The summed E-state index contributed by atoms with van der Waals surface area (Å²) in [6.45, 7) is 0.237. The summed E-state index contributed by atoms with van der Waals surface area (Å²) >= 11 is 0. The lowest BCUT2D eigenvalue weighted by Crippen LogP contribution is -2.48. The number of amides is 1. The zero-order chi connectivity index (χ0) is 15.2. The predicted octanol–water partition coefficient (Wildman–Crippen LogP) is 1.47. The number of halogens is 2. The molecule has 1 fully saturated rings. The third-order valence-corrected chi connectivity index (χ3v) is 3.39. The highest BCUT2D eigenvalue weighted by Crippen LogP contribution is 2.25. The number of nitrogens with one attached hydrogen (secondary N) is 1. The van der Waals surface area contributed by atoms with Gasteiger partial charge in [-0.15, -0.1) is 0 Å². The summed E-state index contributed by atoms with van der Waals surface area (Å²) in [5, 5.41) is 2.86. The van der Waals surface area contributed by atoms with Crippen LogP contribution in [-0.2, 0) is 4.79 Å². The van der Waals surface area contributed by atoms with E-state index < -0.39 is 6.61 Å². The number of hydrogen-bond donors (Lipinski definition) is 1. The minimum absolute atomic E-state index is 0.0404. The summed E-state index contributed by atoms with van der Waals surface area (Å²) in [5.41, 5.74) is 0.389. The predicted molar refractivity (Wildman–Crippen MR) is 75.6 cm³/mol. The molecule has 1 aliphatic heterocycles. The molecule has 0 aromatic heterocycles. The molecule has 0 spiro atoms. The second-order valence-corrected chi connectivity index (χ2v) is 4.91. The van der Waals surface area contributed by atoms with E-state index in [1.54, 1.807) is 23.1 Å². The van der Waals surface area contributed by atoms with Crippen LogP contribution in [0.15, 0.2) is 24.3 Å². The Morgan fingerprint density at radius 1 is 1.29 bits per heavy atom. The normalized spacial score (nSPS) is 16.1. The molecule has 1 aliphatic rings. The van der Waals surface area contributed by atoms with Gasteiger partial charge in [-0.25, -0.2) is 0 Å². The molecule has 1 amide bonds. The number of alkyl halides is 2. The Morgan fingerprint density at radius 2 is 1.95 bits per heavy atom. The SMILES string of the molecule is CN1CCN(C(=O)CNc2ccccc2OC(F)F)CC1. The van der Waals surface area contributed by atoms with Gasteiger partial charge in [-0.2, -0.15) is 8.78 Å². The first-order chi connectivity index (χ1) is 10.1. The van der Waals surface area contributed by atoms with Crippen molar-refractivity contribution in [3.8, 4) is 5.75 Å². The lowest BCUT2D eigenvalue weighted by Gasteiger charge is -2.32. The van der Waals surface area contributed by atoms with E-state index in [2.05, 4.69) is 15.0 Å². The van der Waals surface area contributed by atoms with Crippen LogP contribution < -0.4 is 10.1 Å². The van der Waals surface area contributed by atoms with Crippen LogP contribution in [0.5, 0.6) is 5.75 Å². The number of rotatable bonds is 5. The highest BCUT2D eigenvalue weighted by Gasteiger charge is 2.19. The molecule has 1 N–H and O–H groups in total. The van der Waals surface area contributed by atoms with E-state index in [1.807, 2.05) is 7.05 Å². The fraction of sp³-hybridized carbons (Fsp3) is 0.500. The Balaban J connectivity index is 1.89. The van der Waals surface area contributed by atoms with Gasteiger partial charge >= 0.3 is 6.61 Å². The van der Waals surface area contributed by atoms with E-state index >= 15 is 0 Å². The van der Waals surface area contributed by atoms with E-state index in [0.717, 1.165) is 13.1 Å². The Bertz CT molecular complexity index is 477. The van der Waals surface area contributed by atoms with Gasteiger partial charge in [-0.3, -0.25) is 4.79 Å². The third-order valence-electron chi connectivity index (χ3n) is 3.39. The monoisotopic (exact) mass is 299 g/mol. The third kappa shape index (κ3) is 4.56. The molecule has 0 aliphatic carbocycles. The van der Waals surface area contributed by atoms with E-state index in [4.69, 9.17) is 0 Å². The number of piperazine rings is 1. The van der Waals surface area contributed by atoms with Crippen molar-refractivity contribution in [2.24, 2.45) is 0 Å². The Labute approximate surface area is 122 Å².